The Bertz CT molecular complexity index is 505. The predicted molar refractivity (Wildman–Crippen MR) is 74.2 cm³/mol. The third kappa shape index (κ3) is 3.94. The van der Waals surface area contributed by atoms with Gasteiger partial charge in [0.2, 0.25) is 0 Å². The summed E-state index contributed by atoms with van der Waals surface area (Å²) in [6.07, 6.45) is 0.621. The number of nitrogens with one attached hydrogen (secondary N) is 2. The molecule has 0 aliphatic heterocycles. The van der Waals surface area contributed by atoms with Crippen molar-refractivity contribution < 1.29 is 19.1 Å². The molecule has 0 aromatic heterocycles. The fourth-order valence-electron chi connectivity index (χ4n) is 1.73. The SMILES string of the molecule is CCC(C)[C@H](NC(=O)Nc1cccc(F)c1C)C(=O)O. The normalized spacial score (nSPS) is 13.4. The van der Waals surface area contributed by atoms with E-state index in [1.54, 1.807) is 13.0 Å². The summed E-state index contributed by atoms with van der Waals surface area (Å²) >= 11 is 0. The molecule has 0 bridgehead atoms. The number of urea groups is 1. The lowest BCUT2D eigenvalue weighted by Crippen LogP contribution is -2.46. The smallest absolute Gasteiger partial charge is 0.326 e. The molecule has 0 aliphatic carbocycles. The van der Waals surface area contributed by atoms with Crippen LogP contribution < -0.4 is 10.6 Å². The number of rotatable bonds is 5. The van der Waals surface area contributed by atoms with E-state index in [2.05, 4.69) is 10.6 Å². The van der Waals surface area contributed by atoms with E-state index in [1.807, 2.05) is 6.92 Å². The highest BCUT2D eigenvalue weighted by molar-refractivity contribution is 5.92. The molecule has 20 heavy (non-hydrogen) atoms. The molecule has 1 aromatic carbocycles. The first-order valence-electron chi connectivity index (χ1n) is 6.42. The van der Waals surface area contributed by atoms with Crippen molar-refractivity contribution in [2.45, 2.75) is 33.2 Å². The van der Waals surface area contributed by atoms with Gasteiger partial charge in [-0.15, -0.1) is 0 Å². The topological polar surface area (TPSA) is 78.4 Å². The maximum Gasteiger partial charge on any atom is 0.326 e. The van der Waals surface area contributed by atoms with Crippen LogP contribution in [0.5, 0.6) is 0 Å². The van der Waals surface area contributed by atoms with Crippen LogP contribution in [0.1, 0.15) is 25.8 Å². The van der Waals surface area contributed by atoms with Crippen LogP contribution in [-0.4, -0.2) is 23.1 Å². The lowest BCUT2D eigenvalue weighted by Gasteiger charge is -2.20. The van der Waals surface area contributed by atoms with Gasteiger partial charge in [-0.2, -0.15) is 0 Å². The van der Waals surface area contributed by atoms with Gasteiger partial charge >= 0.3 is 12.0 Å². The van der Waals surface area contributed by atoms with E-state index in [-0.39, 0.29) is 5.92 Å². The second kappa shape index (κ2) is 6.88. The van der Waals surface area contributed by atoms with Crippen LogP contribution in [0, 0.1) is 18.7 Å². The number of anilines is 1. The molecule has 1 rings (SSSR count). The van der Waals surface area contributed by atoms with E-state index in [0.717, 1.165) is 0 Å². The molecule has 2 atom stereocenters. The number of aliphatic carboxylic acids is 1. The Labute approximate surface area is 117 Å². The zero-order valence-electron chi connectivity index (χ0n) is 11.7. The Hall–Kier alpha value is -2.11. The van der Waals surface area contributed by atoms with Crippen molar-refractivity contribution in [3.63, 3.8) is 0 Å². The summed E-state index contributed by atoms with van der Waals surface area (Å²) in [5, 5.41) is 13.9. The molecular formula is C14H19FN2O3. The van der Waals surface area contributed by atoms with E-state index in [4.69, 9.17) is 5.11 Å². The molecule has 3 N–H and O–H groups in total. The maximum absolute atomic E-state index is 13.3. The summed E-state index contributed by atoms with van der Waals surface area (Å²) in [5.41, 5.74) is 0.619. The van der Waals surface area contributed by atoms with Gasteiger partial charge in [0.25, 0.3) is 0 Å². The van der Waals surface area contributed by atoms with E-state index < -0.39 is 23.9 Å². The average Bonchev–Trinajstić information content (AvgIpc) is 2.40. The Morgan fingerprint density at radius 3 is 2.60 bits per heavy atom. The summed E-state index contributed by atoms with van der Waals surface area (Å²) in [7, 11) is 0. The summed E-state index contributed by atoms with van der Waals surface area (Å²) in [6.45, 7) is 5.12. The Balaban J connectivity index is 2.76. The summed E-state index contributed by atoms with van der Waals surface area (Å²) in [5.74, 6) is -1.73. The van der Waals surface area contributed by atoms with Gasteiger partial charge in [0, 0.05) is 11.3 Å². The minimum Gasteiger partial charge on any atom is -0.480 e. The Morgan fingerprint density at radius 1 is 1.40 bits per heavy atom. The molecular weight excluding hydrogens is 263 g/mol. The van der Waals surface area contributed by atoms with Gasteiger partial charge in [-0.3, -0.25) is 0 Å². The van der Waals surface area contributed by atoms with Crippen molar-refractivity contribution in [3.05, 3.63) is 29.6 Å². The summed E-state index contributed by atoms with van der Waals surface area (Å²) in [4.78, 5) is 22.9. The van der Waals surface area contributed by atoms with Gasteiger partial charge in [-0.1, -0.05) is 26.3 Å². The third-order valence-electron chi connectivity index (χ3n) is 3.28. The molecule has 0 aliphatic rings. The van der Waals surface area contributed by atoms with Crippen molar-refractivity contribution >= 4 is 17.7 Å². The second-order valence-corrected chi connectivity index (χ2v) is 4.71. The number of carbonyl (C=O) groups is 2. The standard InChI is InChI=1S/C14H19FN2O3/c1-4-8(2)12(13(18)19)17-14(20)16-11-7-5-6-10(15)9(11)3/h5-8,12H,4H2,1-3H3,(H,18,19)(H2,16,17,20)/t8?,12-/m0/s1. The molecule has 2 amide bonds. The highest BCUT2D eigenvalue weighted by Gasteiger charge is 2.25. The fourth-order valence-corrected chi connectivity index (χ4v) is 1.73. The molecule has 1 aromatic rings. The predicted octanol–water partition coefficient (Wildman–Crippen LogP) is 2.75. The minimum atomic E-state index is -1.09. The Kier molecular flexibility index (Phi) is 5.49. The highest BCUT2D eigenvalue weighted by Crippen LogP contribution is 2.17. The van der Waals surface area contributed by atoms with Gasteiger partial charge < -0.3 is 15.7 Å². The summed E-state index contributed by atoms with van der Waals surface area (Å²) in [6, 6.07) is 2.68. The van der Waals surface area contributed by atoms with Crippen LogP contribution in [0.2, 0.25) is 0 Å². The van der Waals surface area contributed by atoms with E-state index in [9.17, 15) is 14.0 Å². The lowest BCUT2D eigenvalue weighted by atomic mass is 9.99. The van der Waals surface area contributed by atoms with Crippen molar-refractivity contribution in [2.75, 3.05) is 5.32 Å². The quantitative estimate of drug-likeness (QED) is 0.777. The number of hydrogen-bond donors (Lipinski definition) is 3. The van der Waals surface area contributed by atoms with Crippen LogP contribution in [0.25, 0.3) is 0 Å². The molecule has 110 valence electrons. The van der Waals surface area contributed by atoms with Gasteiger partial charge in [-0.05, 0) is 25.0 Å². The van der Waals surface area contributed by atoms with Crippen molar-refractivity contribution in [1.29, 1.82) is 0 Å². The van der Waals surface area contributed by atoms with Crippen molar-refractivity contribution in [1.82, 2.24) is 5.32 Å². The first kappa shape index (κ1) is 15.9. The number of carbonyl (C=O) groups excluding carboxylic acids is 1. The molecule has 6 heteroatoms. The largest absolute Gasteiger partial charge is 0.480 e. The average molecular weight is 282 g/mol. The lowest BCUT2D eigenvalue weighted by molar-refractivity contribution is -0.140. The van der Waals surface area contributed by atoms with Gasteiger partial charge in [0.05, 0.1) is 0 Å². The number of halogens is 1. The number of carboxylic acids is 1. The fraction of sp³-hybridized carbons (Fsp3) is 0.429. The zero-order chi connectivity index (χ0) is 15.3. The van der Waals surface area contributed by atoms with E-state index in [1.165, 1.54) is 19.1 Å². The monoisotopic (exact) mass is 282 g/mol. The zero-order valence-corrected chi connectivity index (χ0v) is 11.7. The molecule has 0 saturated heterocycles. The number of carboxylic acid groups (broad SMARTS) is 1. The Morgan fingerprint density at radius 2 is 2.05 bits per heavy atom. The molecule has 0 saturated carbocycles. The van der Waals surface area contributed by atoms with Crippen LogP contribution in [0.3, 0.4) is 0 Å². The molecule has 1 unspecified atom stereocenters. The van der Waals surface area contributed by atoms with E-state index in [0.29, 0.717) is 17.7 Å². The van der Waals surface area contributed by atoms with Crippen LogP contribution >= 0.6 is 0 Å². The van der Waals surface area contributed by atoms with Gasteiger partial charge in [0.1, 0.15) is 11.9 Å². The molecule has 0 heterocycles. The highest BCUT2D eigenvalue weighted by atomic mass is 19.1. The number of amides is 2. The molecule has 0 radical (unpaired) electrons. The first-order valence-corrected chi connectivity index (χ1v) is 6.42. The molecule has 5 nitrogen and oxygen atoms in total. The van der Waals surface area contributed by atoms with Crippen LogP contribution in [-0.2, 0) is 4.79 Å². The number of hydrogen-bond acceptors (Lipinski definition) is 2. The van der Waals surface area contributed by atoms with Crippen molar-refractivity contribution in [2.24, 2.45) is 5.92 Å². The van der Waals surface area contributed by atoms with E-state index >= 15 is 0 Å². The van der Waals surface area contributed by atoms with Gasteiger partial charge in [0.15, 0.2) is 0 Å². The molecule has 0 spiro atoms. The molecule has 0 fully saturated rings. The van der Waals surface area contributed by atoms with Crippen LogP contribution in [0.4, 0.5) is 14.9 Å². The maximum atomic E-state index is 13.3. The minimum absolute atomic E-state index is 0.202. The summed E-state index contributed by atoms with van der Waals surface area (Å²) < 4.78 is 13.3. The number of benzene rings is 1. The third-order valence-corrected chi connectivity index (χ3v) is 3.28. The van der Waals surface area contributed by atoms with Gasteiger partial charge in [-0.25, -0.2) is 14.0 Å². The van der Waals surface area contributed by atoms with Crippen LogP contribution in [0.15, 0.2) is 18.2 Å². The van der Waals surface area contributed by atoms with Crippen molar-refractivity contribution in [3.8, 4) is 0 Å². The second-order valence-electron chi connectivity index (χ2n) is 4.71. The first-order chi connectivity index (χ1) is 9.36.